The predicted molar refractivity (Wildman–Crippen MR) is 208 cm³/mol. The summed E-state index contributed by atoms with van der Waals surface area (Å²) in [7, 11) is 0. The fourth-order valence-electron chi connectivity index (χ4n) is 7.00. The SMILES string of the molecule is [2H]c1c([2H])c([2H])c(-c2c3c([2H])c([2H])c([2H])c([2H])c3c(-c3cccc(-c4ccc5oc6cccc(-c7ccc8ccccc8c7)c6c5c4)c3)c3c([2H])c([2H])c([2H])c([2H])c23)c([2H])c1[2H]. The van der Waals surface area contributed by atoms with E-state index in [1.165, 1.54) is 0 Å². The first-order valence-electron chi connectivity index (χ1n) is 22.3. The molecule has 1 heteroatoms. The predicted octanol–water partition coefficient (Wildman–Crippen LogP) is 13.7. The van der Waals surface area contributed by atoms with Crippen molar-refractivity contribution in [1.82, 2.24) is 0 Å². The second-order valence-corrected chi connectivity index (χ2v) is 11.9. The van der Waals surface area contributed by atoms with E-state index in [9.17, 15) is 5.48 Å². The Hall–Kier alpha value is -6.44. The van der Waals surface area contributed by atoms with Crippen molar-refractivity contribution in [2.45, 2.75) is 0 Å². The molecular weight excluding hydrogens is 593 g/mol. The maximum Gasteiger partial charge on any atom is 0.136 e. The van der Waals surface area contributed by atoms with Gasteiger partial charge in [-0.1, -0.05) is 151 Å². The molecule has 0 radical (unpaired) electrons. The van der Waals surface area contributed by atoms with Crippen molar-refractivity contribution in [1.29, 1.82) is 0 Å². The van der Waals surface area contributed by atoms with E-state index in [-0.39, 0.29) is 32.7 Å². The maximum absolute atomic E-state index is 9.31. The van der Waals surface area contributed by atoms with Gasteiger partial charge in [0.25, 0.3) is 0 Å². The highest BCUT2D eigenvalue weighted by Crippen LogP contribution is 2.45. The summed E-state index contributed by atoms with van der Waals surface area (Å²) in [6.45, 7) is 0. The van der Waals surface area contributed by atoms with Crippen LogP contribution >= 0.6 is 0 Å². The van der Waals surface area contributed by atoms with E-state index in [4.69, 9.17) is 16.8 Å². The zero-order valence-corrected chi connectivity index (χ0v) is 25.7. The summed E-state index contributed by atoms with van der Waals surface area (Å²) >= 11 is 0. The van der Waals surface area contributed by atoms with Gasteiger partial charge in [0.05, 0.1) is 17.8 Å². The lowest BCUT2D eigenvalue weighted by Gasteiger charge is -2.18. The molecule has 49 heavy (non-hydrogen) atoms. The summed E-state index contributed by atoms with van der Waals surface area (Å²) < 4.78 is 122. The first-order chi connectivity index (χ1) is 29.7. The molecule has 10 rings (SSSR count). The Kier molecular flexibility index (Phi) is 3.99. The molecule has 10 aromatic rings. The Morgan fingerprint density at radius 1 is 0.367 bits per heavy atom. The summed E-state index contributed by atoms with van der Waals surface area (Å²) in [5.74, 6) is 0. The van der Waals surface area contributed by atoms with Crippen LogP contribution < -0.4 is 0 Å². The number of fused-ring (bicyclic) bond motifs is 6. The quantitative estimate of drug-likeness (QED) is 0.175. The van der Waals surface area contributed by atoms with Gasteiger partial charge in [-0.2, -0.15) is 0 Å². The van der Waals surface area contributed by atoms with Gasteiger partial charge >= 0.3 is 0 Å². The van der Waals surface area contributed by atoms with Gasteiger partial charge in [0.2, 0.25) is 0 Å². The van der Waals surface area contributed by atoms with Crippen LogP contribution in [0.15, 0.2) is 186 Å². The minimum atomic E-state index is -0.715. The van der Waals surface area contributed by atoms with Crippen LogP contribution in [-0.2, 0) is 0 Å². The molecule has 0 aliphatic heterocycles. The number of hydrogen-bond acceptors (Lipinski definition) is 1. The standard InChI is InChI=1S/C48H30O/c1-2-13-32(14-3-1)46-39-18-6-8-20-41(39)47(42-21-9-7-19-40(42)46)37-17-10-16-34(29-37)35-26-27-44-43(30-35)48-38(22-11-23-45(48)49-44)36-25-24-31-12-4-5-15-33(31)28-36/h1-30H/i1D,2D,3D,6D,7D,8D,9D,13D,14D,18D,19D,20D,21D. The van der Waals surface area contributed by atoms with Crippen LogP contribution in [0.5, 0.6) is 0 Å². The van der Waals surface area contributed by atoms with Gasteiger partial charge in [-0.3, -0.25) is 0 Å². The second kappa shape index (κ2) is 11.1. The summed E-state index contributed by atoms with van der Waals surface area (Å²) in [5.41, 5.74) is 4.48. The van der Waals surface area contributed by atoms with Crippen molar-refractivity contribution in [2.24, 2.45) is 0 Å². The van der Waals surface area contributed by atoms with E-state index < -0.39 is 84.1 Å². The van der Waals surface area contributed by atoms with E-state index in [2.05, 4.69) is 36.4 Å². The molecule has 0 spiro atoms. The largest absolute Gasteiger partial charge is 0.456 e. The van der Waals surface area contributed by atoms with Crippen LogP contribution in [0, 0.1) is 0 Å². The fourth-order valence-corrected chi connectivity index (χ4v) is 7.00. The number of hydrogen-bond donors (Lipinski definition) is 0. The zero-order valence-electron chi connectivity index (χ0n) is 38.7. The summed E-state index contributed by atoms with van der Waals surface area (Å²) in [6, 6.07) is 25.0. The molecule has 0 amide bonds. The molecule has 1 aromatic heterocycles. The van der Waals surface area contributed by atoms with E-state index in [1.807, 2.05) is 48.5 Å². The summed E-state index contributed by atoms with van der Waals surface area (Å²) in [5, 5.41) is 3.23. The van der Waals surface area contributed by atoms with E-state index in [0.717, 1.165) is 38.2 Å². The molecule has 1 heterocycles. The average Bonchev–Trinajstić information content (AvgIpc) is 3.67. The van der Waals surface area contributed by atoms with Crippen molar-refractivity contribution in [3.05, 3.63) is 182 Å². The summed E-state index contributed by atoms with van der Waals surface area (Å²) in [4.78, 5) is 0. The molecule has 0 saturated heterocycles. The maximum atomic E-state index is 9.31. The van der Waals surface area contributed by atoms with Crippen molar-refractivity contribution >= 4 is 54.3 Å². The van der Waals surface area contributed by atoms with Gasteiger partial charge in [-0.25, -0.2) is 0 Å². The van der Waals surface area contributed by atoms with Crippen LogP contribution in [0.3, 0.4) is 0 Å². The molecule has 1 nitrogen and oxygen atoms in total. The van der Waals surface area contributed by atoms with E-state index in [0.29, 0.717) is 22.3 Å². The van der Waals surface area contributed by atoms with Gasteiger partial charge < -0.3 is 4.42 Å². The molecule has 0 aliphatic carbocycles. The molecule has 0 unspecified atom stereocenters. The number of rotatable bonds is 4. The van der Waals surface area contributed by atoms with E-state index in [1.54, 1.807) is 18.2 Å². The highest BCUT2D eigenvalue weighted by molar-refractivity contribution is 6.21. The third-order valence-electron chi connectivity index (χ3n) is 9.17. The molecular formula is C48H30O. The van der Waals surface area contributed by atoms with Gasteiger partial charge in [0.15, 0.2) is 0 Å². The molecule has 0 fully saturated rings. The lowest BCUT2D eigenvalue weighted by molar-refractivity contribution is 0.669. The minimum Gasteiger partial charge on any atom is -0.456 e. The Labute approximate surface area is 302 Å². The Balaban J connectivity index is 1.29. The molecule has 0 bridgehead atoms. The highest BCUT2D eigenvalue weighted by atomic mass is 16.3. The highest BCUT2D eigenvalue weighted by Gasteiger charge is 2.18. The van der Waals surface area contributed by atoms with Crippen molar-refractivity contribution in [3.8, 4) is 44.5 Å². The Morgan fingerprint density at radius 2 is 0.980 bits per heavy atom. The average molecular weight is 636 g/mol. The monoisotopic (exact) mass is 635 g/mol. The normalized spacial score (nSPS) is 15.4. The van der Waals surface area contributed by atoms with Crippen molar-refractivity contribution in [2.75, 3.05) is 0 Å². The third-order valence-corrected chi connectivity index (χ3v) is 9.17. The number of benzene rings is 9. The third kappa shape index (κ3) is 4.47. The van der Waals surface area contributed by atoms with E-state index >= 15 is 0 Å². The second-order valence-electron chi connectivity index (χ2n) is 11.9. The lowest BCUT2D eigenvalue weighted by Crippen LogP contribution is -1.91. The Bertz CT molecular complexity index is 3520. The molecule has 0 atom stereocenters. The lowest BCUT2D eigenvalue weighted by atomic mass is 9.85. The van der Waals surface area contributed by atoms with Gasteiger partial charge in [0, 0.05) is 10.8 Å². The first-order valence-corrected chi connectivity index (χ1v) is 15.8. The molecule has 228 valence electrons. The van der Waals surface area contributed by atoms with Crippen LogP contribution in [0.1, 0.15) is 17.8 Å². The zero-order chi connectivity index (χ0) is 43.6. The Morgan fingerprint density at radius 3 is 1.73 bits per heavy atom. The minimum absolute atomic E-state index is 0.0698. The smallest absolute Gasteiger partial charge is 0.136 e. The first kappa shape index (κ1) is 17.6. The molecule has 0 aliphatic rings. The van der Waals surface area contributed by atoms with Crippen LogP contribution in [0.2, 0.25) is 0 Å². The van der Waals surface area contributed by atoms with Crippen molar-refractivity contribution in [3.63, 3.8) is 0 Å². The topological polar surface area (TPSA) is 13.1 Å². The fraction of sp³-hybridized carbons (Fsp3) is 0. The number of furan rings is 1. The van der Waals surface area contributed by atoms with Crippen LogP contribution in [0.4, 0.5) is 0 Å². The molecule has 0 N–H and O–H groups in total. The van der Waals surface area contributed by atoms with Crippen LogP contribution in [-0.4, -0.2) is 0 Å². The van der Waals surface area contributed by atoms with Gasteiger partial charge in [-0.15, -0.1) is 0 Å². The summed E-state index contributed by atoms with van der Waals surface area (Å²) in [6.07, 6.45) is 0. The van der Waals surface area contributed by atoms with Gasteiger partial charge in [-0.05, 0) is 107 Å². The van der Waals surface area contributed by atoms with Gasteiger partial charge in [0.1, 0.15) is 11.2 Å². The van der Waals surface area contributed by atoms with Crippen LogP contribution in [0.25, 0.3) is 98.8 Å². The molecule has 9 aromatic carbocycles. The molecule has 0 saturated carbocycles. The van der Waals surface area contributed by atoms with Crippen molar-refractivity contribution < 1.29 is 22.2 Å².